The highest BCUT2D eigenvalue weighted by Crippen LogP contribution is 2.42. The van der Waals surface area contributed by atoms with Crippen LogP contribution in [-0.2, 0) is 10.0 Å². The van der Waals surface area contributed by atoms with Crippen molar-refractivity contribution in [2.24, 2.45) is 5.92 Å². The molecule has 1 unspecified atom stereocenters. The van der Waals surface area contributed by atoms with Crippen LogP contribution in [0, 0.1) is 5.92 Å². The smallest absolute Gasteiger partial charge is 0.241 e. The maximum absolute atomic E-state index is 12.7. The van der Waals surface area contributed by atoms with E-state index < -0.39 is 10.0 Å². The fraction of sp³-hybridized carbons (Fsp3) is 0.278. The quantitative estimate of drug-likeness (QED) is 0.790. The number of rotatable bonds is 6. The van der Waals surface area contributed by atoms with Crippen LogP contribution in [0.5, 0.6) is 0 Å². The molecule has 0 aromatic heterocycles. The zero-order valence-electron chi connectivity index (χ0n) is 13.2. The van der Waals surface area contributed by atoms with Crippen molar-refractivity contribution >= 4 is 27.4 Å². The first-order valence-electron chi connectivity index (χ1n) is 7.75. The van der Waals surface area contributed by atoms with Gasteiger partial charge < -0.3 is 0 Å². The van der Waals surface area contributed by atoms with Crippen molar-refractivity contribution in [1.82, 2.24) is 4.72 Å². The summed E-state index contributed by atoms with van der Waals surface area (Å²) in [4.78, 5) is 11.5. The average Bonchev–Trinajstić information content (AvgIpc) is 3.38. The molecule has 1 fully saturated rings. The molecule has 0 saturated heterocycles. The molecular formula is C18H18ClNO3S. The van der Waals surface area contributed by atoms with E-state index >= 15 is 0 Å². The van der Waals surface area contributed by atoms with E-state index in [0.29, 0.717) is 16.5 Å². The third-order valence-corrected chi connectivity index (χ3v) is 5.88. The summed E-state index contributed by atoms with van der Waals surface area (Å²) in [5.74, 6) is 0.210. The Morgan fingerprint density at radius 3 is 2.17 bits per heavy atom. The molecule has 1 N–H and O–H groups in total. The van der Waals surface area contributed by atoms with E-state index in [2.05, 4.69) is 4.72 Å². The topological polar surface area (TPSA) is 63.2 Å². The first-order valence-corrected chi connectivity index (χ1v) is 9.62. The Bertz CT molecular complexity index is 841. The molecule has 4 nitrogen and oxygen atoms in total. The maximum Gasteiger partial charge on any atom is 0.241 e. The number of carbonyl (C=O) groups is 1. The average molecular weight is 364 g/mol. The molecule has 2 aromatic carbocycles. The normalized spacial score (nSPS) is 15.9. The third kappa shape index (κ3) is 3.86. The number of hydrogen-bond donors (Lipinski definition) is 1. The lowest BCUT2D eigenvalue weighted by molar-refractivity contribution is 0.101. The lowest BCUT2D eigenvalue weighted by Crippen LogP contribution is -2.30. The zero-order valence-corrected chi connectivity index (χ0v) is 14.8. The fourth-order valence-corrected chi connectivity index (χ4v) is 4.06. The van der Waals surface area contributed by atoms with Gasteiger partial charge in [0, 0.05) is 16.6 Å². The van der Waals surface area contributed by atoms with Gasteiger partial charge >= 0.3 is 0 Å². The minimum atomic E-state index is -3.66. The van der Waals surface area contributed by atoms with Gasteiger partial charge in [-0.3, -0.25) is 4.79 Å². The highest BCUT2D eigenvalue weighted by molar-refractivity contribution is 7.89. The molecule has 126 valence electrons. The van der Waals surface area contributed by atoms with Crippen LogP contribution in [-0.4, -0.2) is 14.2 Å². The van der Waals surface area contributed by atoms with E-state index in [1.807, 2.05) is 12.1 Å². The number of Topliss-reactive ketones (excluding diaryl/α,β-unsaturated/α-hetero) is 1. The van der Waals surface area contributed by atoms with Gasteiger partial charge in [0.05, 0.1) is 4.90 Å². The molecule has 6 heteroatoms. The van der Waals surface area contributed by atoms with Crippen molar-refractivity contribution < 1.29 is 13.2 Å². The highest BCUT2D eigenvalue weighted by atomic mass is 35.5. The van der Waals surface area contributed by atoms with Crippen LogP contribution in [0.3, 0.4) is 0 Å². The Morgan fingerprint density at radius 1 is 1.08 bits per heavy atom. The molecule has 24 heavy (non-hydrogen) atoms. The molecule has 1 aliphatic carbocycles. The molecule has 0 aliphatic heterocycles. The fourth-order valence-electron chi connectivity index (χ4n) is 2.64. The summed E-state index contributed by atoms with van der Waals surface area (Å²) in [5, 5.41) is 0.621. The van der Waals surface area contributed by atoms with Crippen molar-refractivity contribution in [2.45, 2.75) is 30.7 Å². The predicted octanol–water partition coefficient (Wildman–Crippen LogP) is 3.97. The summed E-state index contributed by atoms with van der Waals surface area (Å²) < 4.78 is 28.1. The SMILES string of the molecule is CC(=O)c1ccc(S(=O)(=O)NC(c2ccc(Cl)cc2)C2CC2)cc1. The zero-order chi connectivity index (χ0) is 17.3. The minimum Gasteiger partial charge on any atom is -0.295 e. The Labute approximate surface area is 146 Å². The van der Waals surface area contributed by atoms with Crippen LogP contribution in [0.25, 0.3) is 0 Å². The van der Waals surface area contributed by atoms with Gasteiger partial charge in [0.2, 0.25) is 10.0 Å². The van der Waals surface area contributed by atoms with Gasteiger partial charge in [-0.25, -0.2) is 13.1 Å². The van der Waals surface area contributed by atoms with Crippen LogP contribution in [0.2, 0.25) is 5.02 Å². The van der Waals surface area contributed by atoms with Crippen LogP contribution < -0.4 is 4.72 Å². The van der Waals surface area contributed by atoms with Gasteiger partial charge in [0.1, 0.15) is 0 Å². The van der Waals surface area contributed by atoms with Crippen molar-refractivity contribution in [1.29, 1.82) is 0 Å². The first-order chi connectivity index (χ1) is 11.4. The number of hydrogen-bond acceptors (Lipinski definition) is 3. The van der Waals surface area contributed by atoms with E-state index in [-0.39, 0.29) is 16.7 Å². The predicted molar refractivity (Wildman–Crippen MR) is 93.7 cm³/mol. The Morgan fingerprint density at radius 2 is 1.67 bits per heavy atom. The van der Waals surface area contributed by atoms with Crippen molar-refractivity contribution in [3.05, 3.63) is 64.7 Å². The second-order valence-corrected chi connectivity index (χ2v) is 8.22. The van der Waals surface area contributed by atoms with Gasteiger partial charge in [-0.05, 0) is 55.5 Å². The molecule has 0 bridgehead atoms. The van der Waals surface area contributed by atoms with E-state index in [0.717, 1.165) is 18.4 Å². The number of carbonyl (C=O) groups excluding carboxylic acids is 1. The molecule has 1 atom stereocenters. The van der Waals surface area contributed by atoms with Crippen LogP contribution in [0.1, 0.15) is 41.7 Å². The summed E-state index contributed by atoms with van der Waals surface area (Å²) in [6, 6.07) is 13.0. The molecule has 0 amide bonds. The molecule has 0 spiro atoms. The van der Waals surface area contributed by atoms with E-state index in [4.69, 9.17) is 11.6 Å². The Balaban J connectivity index is 1.85. The van der Waals surface area contributed by atoms with Gasteiger partial charge in [-0.15, -0.1) is 0 Å². The number of sulfonamides is 1. The van der Waals surface area contributed by atoms with Crippen molar-refractivity contribution in [3.63, 3.8) is 0 Å². The maximum atomic E-state index is 12.7. The summed E-state index contributed by atoms with van der Waals surface area (Å²) in [5.41, 5.74) is 1.40. The second-order valence-electron chi connectivity index (χ2n) is 6.07. The largest absolute Gasteiger partial charge is 0.295 e. The molecule has 1 saturated carbocycles. The van der Waals surface area contributed by atoms with Crippen molar-refractivity contribution in [2.75, 3.05) is 0 Å². The Hall–Kier alpha value is -1.69. The van der Waals surface area contributed by atoms with Crippen LogP contribution in [0.4, 0.5) is 0 Å². The van der Waals surface area contributed by atoms with Gasteiger partial charge in [0.25, 0.3) is 0 Å². The highest BCUT2D eigenvalue weighted by Gasteiger charge is 2.35. The molecule has 0 radical (unpaired) electrons. The summed E-state index contributed by atoms with van der Waals surface area (Å²) >= 11 is 5.91. The Kier molecular flexibility index (Phi) is 4.76. The minimum absolute atomic E-state index is 0.0936. The number of benzene rings is 2. The first kappa shape index (κ1) is 17.1. The van der Waals surface area contributed by atoms with Crippen molar-refractivity contribution in [3.8, 4) is 0 Å². The standard InChI is InChI=1S/C18H18ClNO3S/c1-12(21)13-6-10-17(11-7-13)24(22,23)20-18(14-2-3-14)15-4-8-16(19)9-5-15/h4-11,14,18,20H,2-3H2,1H3. The van der Waals surface area contributed by atoms with Crippen LogP contribution >= 0.6 is 11.6 Å². The summed E-state index contributed by atoms with van der Waals surface area (Å²) in [6.45, 7) is 1.45. The van der Waals surface area contributed by atoms with Crippen LogP contribution in [0.15, 0.2) is 53.4 Å². The number of nitrogens with one attached hydrogen (secondary N) is 1. The lowest BCUT2D eigenvalue weighted by Gasteiger charge is -2.19. The molecule has 0 heterocycles. The monoisotopic (exact) mass is 363 g/mol. The lowest BCUT2D eigenvalue weighted by atomic mass is 10.0. The third-order valence-electron chi connectivity index (χ3n) is 4.18. The molecule has 3 rings (SSSR count). The van der Waals surface area contributed by atoms with Gasteiger partial charge in [-0.2, -0.15) is 0 Å². The van der Waals surface area contributed by atoms with E-state index in [1.165, 1.54) is 31.2 Å². The second kappa shape index (κ2) is 6.67. The number of ketones is 1. The molecular weight excluding hydrogens is 346 g/mol. The number of halogens is 1. The van der Waals surface area contributed by atoms with E-state index in [1.54, 1.807) is 12.1 Å². The molecule has 1 aliphatic rings. The summed E-state index contributed by atoms with van der Waals surface area (Å²) in [7, 11) is -3.66. The summed E-state index contributed by atoms with van der Waals surface area (Å²) in [6.07, 6.45) is 2.00. The van der Waals surface area contributed by atoms with Gasteiger partial charge in [-0.1, -0.05) is 35.9 Å². The van der Waals surface area contributed by atoms with Gasteiger partial charge in [0.15, 0.2) is 5.78 Å². The molecule has 2 aromatic rings. The van der Waals surface area contributed by atoms with E-state index in [9.17, 15) is 13.2 Å².